The molecule has 2 heterocycles. The summed E-state index contributed by atoms with van der Waals surface area (Å²) in [4.78, 5) is 26.0. The summed E-state index contributed by atoms with van der Waals surface area (Å²) in [5.74, 6) is 0.0576. The number of fused-ring (bicyclic) bond motifs is 1. The molecule has 12 heteroatoms. The van der Waals surface area contributed by atoms with Crippen LogP contribution in [0.2, 0.25) is 10.0 Å². The number of carbonyl (C=O) groups is 1. The molecule has 0 radical (unpaired) electrons. The summed E-state index contributed by atoms with van der Waals surface area (Å²) >= 11 is 12.6. The van der Waals surface area contributed by atoms with Crippen molar-refractivity contribution in [2.24, 2.45) is 11.1 Å². The molecule has 2 saturated carbocycles. The Morgan fingerprint density at radius 2 is 1.89 bits per heavy atom. The van der Waals surface area contributed by atoms with Gasteiger partial charge in [-0.25, -0.2) is 14.4 Å². The van der Waals surface area contributed by atoms with Gasteiger partial charge in [0, 0.05) is 17.5 Å². The Labute approximate surface area is 224 Å². The lowest BCUT2D eigenvalue weighted by atomic mass is 9.73. The van der Waals surface area contributed by atoms with Crippen LogP contribution in [0.15, 0.2) is 18.3 Å². The second-order valence-corrected chi connectivity index (χ2v) is 11.2. The fourth-order valence-electron chi connectivity index (χ4n) is 5.39. The number of anilines is 3. The maximum Gasteiger partial charge on any atom is 0.224 e. The van der Waals surface area contributed by atoms with E-state index >= 15 is 0 Å². The molecule has 3 aromatic rings. The first-order chi connectivity index (χ1) is 17.6. The number of aliphatic hydroxyl groups excluding tert-OH is 1. The van der Waals surface area contributed by atoms with Crippen molar-refractivity contribution < 1.29 is 14.3 Å². The van der Waals surface area contributed by atoms with E-state index < -0.39 is 11.2 Å². The highest BCUT2D eigenvalue weighted by Gasteiger charge is 2.38. The summed E-state index contributed by atoms with van der Waals surface area (Å²) in [5.41, 5.74) is 6.62. The predicted molar refractivity (Wildman–Crippen MR) is 142 cm³/mol. The van der Waals surface area contributed by atoms with Gasteiger partial charge in [-0.3, -0.25) is 9.36 Å². The quantitative estimate of drug-likeness (QED) is 0.326. The summed E-state index contributed by atoms with van der Waals surface area (Å²) < 4.78 is 15.8. The van der Waals surface area contributed by atoms with Crippen molar-refractivity contribution in [3.05, 3.63) is 34.2 Å². The standard InChI is InChI=1S/C25H30Cl2FN7O2/c1-25(22(29)37)7-5-15(6-8-25)35-21-19(12-30-23(34-21)31-14-3-2-4-16(36)11-14)32-24(35)33-20-17(26)9-13(28)10-18(20)27/h9-10,12,14-16,36H,2-8,11H2,1H3,(H2,29,37)(H,32,33)(H,30,31,34)/t14-,15-,16-,25-/m1/s1. The Morgan fingerprint density at radius 1 is 1.19 bits per heavy atom. The van der Waals surface area contributed by atoms with Gasteiger partial charge in [0.25, 0.3) is 0 Å². The zero-order valence-corrected chi connectivity index (χ0v) is 22.0. The second-order valence-electron chi connectivity index (χ2n) is 10.4. The molecule has 0 saturated heterocycles. The lowest BCUT2D eigenvalue weighted by Crippen LogP contribution is -2.38. The van der Waals surface area contributed by atoms with E-state index in [4.69, 9.17) is 38.9 Å². The molecule has 0 aliphatic heterocycles. The van der Waals surface area contributed by atoms with Crippen LogP contribution < -0.4 is 16.4 Å². The third-order valence-corrected chi connectivity index (χ3v) is 8.27. The number of hydrogen-bond donors (Lipinski definition) is 4. The van der Waals surface area contributed by atoms with Crippen molar-refractivity contribution in [2.45, 2.75) is 76.5 Å². The van der Waals surface area contributed by atoms with Crippen molar-refractivity contribution >= 4 is 57.9 Å². The first-order valence-corrected chi connectivity index (χ1v) is 13.3. The van der Waals surface area contributed by atoms with E-state index in [1.165, 1.54) is 12.1 Å². The predicted octanol–water partition coefficient (Wildman–Crippen LogP) is 5.34. The Morgan fingerprint density at radius 3 is 2.54 bits per heavy atom. The van der Waals surface area contributed by atoms with Gasteiger partial charge >= 0.3 is 0 Å². The fourth-order valence-corrected chi connectivity index (χ4v) is 5.94. The molecule has 0 spiro atoms. The second kappa shape index (κ2) is 10.2. The summed E-state index contributed by atoms with van der Waals surface area (Å²) in [6.07, 6.45) is 7.26. The lowest BCUT2D eigenvalue weighted by molar-refractivity contribution is -0.128. The number of nitrogens with one attached hydrogen (secondary N) is 2. The number of benzene rings is 1. The van der Waals surface area contributed by atoms with Crippen LogP contribution in [0.25, 0.3) is 11.2 Å². The van der Waals surface area contributed by atoms with Gasteiger partial charge in [-0.15, -0.1) is 0 Å². The average molecular weight is 550 g/mol. The Bertz CT molecular complexity index is 1300. The lowest BCUT2D eigenvalue weighted by Gasteiger charge is -2.35. The van der Waals surface area contributed by atoms with E-state index in [2.05, 4.69) is 15.6 Å². The van der Waals surface area contributed by atoms with Gasteiger partial charge in [-0.1, -0.05) is 30.1 Å². The van der Waals surface area contributed by atoms with Gasteiger partial charge < -0.3 is 21.5 Å². The van der Waals surface area contributed by atoms with Crippen LogP contribution in [0, 0.1) is 11.2 Å². The van der Waals surface area contributed by atoms with Crippen molar-refractivity contribution in [1.29, 1.82) is 0 Å². The van der Waals surface area contributed by atoms with Crippen LogP contribution in [0.5, 0.6) is 0 Å². The maximum atomic E-state index is 13.8. The molecule has 2 aliphatic rings. The van der Waals surface area contributed by atoms with Gasteiger partial charge in [0.2, 0.25) is 17.8 Å². The Kier molecular flexibility index (Phi) is 7.17. The van der Waals surface area contributed by atoms with E-state index in [1.54, 1.807) is 6.20 Å². The van der Waals surface area contributed by atoms with Gasteiger partial charge in [-0.2, -0.15) is 4.98 Å². The molecule has 1 aromatic carbocycles. The maximum absolute atomic E-state index is 13.8. The zero-order valence-electron chi connectivity index (χ0n) is 20.5. The number of nitrogens with zero attached hydrogens (tertiary/aromatic N) is 4. The van der Waals surface area contributed by atoms with Crippen LogP contribution in [0.1, 0.15) is 64.3 Å². The number of aliphatic hydroxyl groups is 1. The van der Waals surface area contributed by atoms with Crippen LogP contribution in [-0.4, -0.2) is 42.7 Å². The SMILES string of the molecule is C[C@]1(C(N)=O)CC[C@H](n2c(Nc3c(Cl)cc(F)cc3Cl)nc3cnc(N[C@@H]4CCC[C@@H](O)C4)nc32)CC1. The molecule has 2 atom stereocenters. The van der Waals surface area contributed by atoms with Gasteiger partial charge in [0.1, 0.15) is 11.3 Å². The Hall–Kier alpha value is -2.69. The molecule has 0 unspecified atom stereocenters. The third kappa shape index (κ3) is 5.32. The molecule has 1 amide bonds. The van der Waals surface area contributed by atoms with E-state index in [-0.39, 0.29) is 34.1 Å². The highest BCUT2D eigenvalue weighted by Crippen LogP contribution is 2.43. The first-order valence-electron chi connectivity index (χ1n) is 12.5. The number of primary amides is 1. The molecule has 2 aliphatic carbocycles. The van der Waals surface area contributed by atoms with Gasteiger partial charge in [0.05, 0.1) is 28.0 Å². The number of aromatic nitrogens is 4. The highest BCUT2D eigenvalue weighted by atomic mass is 35.5. The minimum absolute atomic E-state index is 0.0304. The molecule has 198 valence electrons. The normalized spacial score (nSPS) is 26.2. The molecule has 2 aromatic heterocycles. The smallest absolute Gasteiger partial charge is 0.224 e. The zero-order chi connectivity index (χ0) is 26.3. The molecule has 2 fully saturated rings. The molecule has 5 N–H and O–H groups in total. The summed E-state index contributed by atoms with van der Waals surface area (Å²) in [5, 5.41) is 16.8. The van der Waals surface area contributed by atoms with E-state index in [9.17, 15) is 14.3 Å². The largest absolute Gasteiger partial charge is 0.393 e. The molecule has 9 nitrogen and oxygen atoms in total. The Balaban J connectivity index is 1.52. The molecular formula is C25H30Cl2FN7O2. The first kappa shape index (κ1) is 25.9. The minimum atomic E-state index is -0.562. The van der Waals surface area contributed by atoms with Gasteiger partial charge in [-0.05, 0) is 63.5 Å². The molecule has 0 bridgehead atoms. The van der Waals surface area contributed by atoms with E-state index in [1.807, 2.05) is 11.5 Å². The van der Waals surface area contributed by atoms with E-state index in [0.717, 1.165) is 19.3 Å². The van der Waals surface area contributed by atoms with Crippen LogP contribution in [-0.2, 0) is 4.79 Å². The number of rotatable bonds is 6. The average Bonchev–Trinajstić information content (AvgIpc) is 3.19. The van der Waals surface area contributed by atoms with Crippen LogP contribution >= 0.6 is 23.2 Å². The number of amides is 1. The number of halogens is 3. The minimum Gasteiger partial charge on any atom is -0.393 e. The van der Waals surface area contributed by atoms with Crippen molar-refractivity contribution in [3.63, 3.8) is 0 Å². The van der Waals surface area contributed by atoms with Crippen molar-refractivity contribution in [2.75, 3.05) is 10.6 Å². The summed E-state index contributed by atoms with van der Waals surface area (Å²) in [6, 6.07) is 2.42. The summed E-state index contributed by atoms with van der Waals surface area (Å²) in [6.45, 7) is 1.90. The topological polar surface area (TPSA) is 131 Å². The fraction of sp³-hybridized carbons (Fsp3) is 0.520. The van der Waals surface area contributed by atoms with Crippen LogP contribution in [0.4, 0.5) is 22.0 Å². The van der Waals surface area contributed by atoms with Crippen LogP contribution in [0.3, 0.4) is 0 Å². The number of imidazole rings is 1. The molecule has 5 rings (SSSR count). The molecular weight excluding hydrogens is 520 g/mol. The highest BCUT2D eigenvalue weighted by molar-refractivity contribution is 6.39. The number of nitrogens with two attached hydrogens (primary N) is 1. The van der Waals surface area contributed by atoms with Crippen molar-refractivity contribution in [1.82, 2.24) is 19.5 Å². The third-order valence-electron chi connectivity index (χ3n) is 7.67. The monoisotopic (exact) mass is 549 g/mol. The molecule has 37 heavy (non-hydrogen) atoms. The van der Waals surface area contributed by atoms with Crippen molar-refractivity contribution in [3.8, 4) is 0 Å². The summed E-state index contributed by atoms with van der Waals surface area (Å²) in [7, 11) is 0. The van der Waals surface area contributed by atoms with Gasteiger partial charge in [0.15, 0.2) is 5.65 Å². The number of carbonyl (C=O) groups excluding carboxylic acids is 1. The van der Waals surface area contributed by atoms with E-state index in [0.29, 0.717) is 60.9 Å². The number of hydrogen-bond acceptors (Lipinski definition) is 7.